The molecule has 0 amide bonds. The van der Waals surface area contributed by atoms with Crippen molar-refractivity contribution in [3.05, 3.63) is 0 Å². The molecule has 3 aliphatic carbocycles. The van der Waals surface area contributed by atoms with E-state index in [2.05, 4.69) is 19.6 Å². The van der Waals surface area contributed by atoms with Crippen LogP contribution in [0.25, 0.3) is 0 Å². The molecule has 19 heavy (non-hydrogen) atoms. The highest BCUT2D eigenvalue weighted by molar-refractivity contribution is 6.76. The van der Waals surface area contributed by atoms with Crippen molar-refractivity contribution in [2.24, 2.45) is 23.7 Å². The highest BCUT2D eigenvalue weighted by Gasteiger charge is 2.66. The van der Waals surface area contributed by atoms with Gasteiger partial charge in [-0.25, -0.2) is 0 Å². The average Bonchev–Trinajstić information content (AvgIpc) is 2.73. The van der Waals surface area contributed by atoms with Crippen molar-refractivity contribution < 1.29 is 9.47 Å². The lowest BCUT2D eigenvalue weighted by Crippen LogP contribution is -2.34. The van der Waals surface area contributed by atoms with Gasteiger partial charge in [0.25, 0.3) is 0 Å². The molecule has 3 heteroatoms. The van der Waals surface area contributed by atoms with E-state index in [-0.39, 0.29) is 0 Å². The van der Waals surface area contributed by atoms with E-state index in [1.807, 2.05) is 0 Å². The van der Waals surface area contributed by atoms with E-state index in [1.165, 1.54) is 31.7 Å². The molecule has 1 heterocycles. The molecule has 4 fully saturated rings. The number of rotatable bonds is 5. The van der Waals surface area contributed by atoms with Crippen LogP contribution < -0.4 is 0 Å². The van der Waals surface area contributed by atoms with Gasteiger partial charge in [-0.15, -0.1) is 0 Å². The van der Waals surface area contributed by atoms with Crippen molar-refractivity contribution in [2.75, 3.05) is 6.61 Å². The minimum Gasteiger partial charge on any atom is -0.378 e. The van der Waals surface area contributed by atoms with Crippen LogP contribution in [0, 0.1) is 23.7 Å². The Labute approximate surface area is 118 Å². The van der Waals surface area contributed by atoms with Crippen molar-refractivity contribution in [1.29, 1.82) is 0 Å². The summed E-state index contributed by atoms with van der Waals surface area (Å²) >= 11 is 0. The maximum Gasteiger partial charge on any atom is 0.0876 e. The van der Waals surface area contributed by atoms with Crippen LogP contribution in [0.4, 0.5) is 0 Å². The highest BCUT2D eigenvalue weighted by Crippen LogP contribution is 2.64. The Balaban J connectivity index is 1.28. The number of hydrogen-bond acceptors (Lipinski definition) is 2. The van der Waals surface area contributed by atoms with Gasteiger partial charge in [-0.3, -0.25) is 0 Å². The van der Waals surface area contributed by atoms with Gasteiger partial charge in [-0.05, 0) is 49.4 Å². The van der Waals surface area contributed by atoms with Gasteiger partial charge < -0.3 is 9.47 Å². The summed E-state index contributed by atoms with van der Waals surface area (Å²) < 4.78 is 12.1. The Morgan fingerprint density at radius 2 is 1.95 bits per heavy atom. The van der Waals surface area contributed by atoms with Gasteiger partial charge in [0.05, 0.1) is 18.3 Å². The molecule has 0 N–H and O–H groups in total. The monoisotopic (exact) mass is 280 g/mol. The molecule has 7 unspecified atom stereocenters. The zero-order valence-corrected chi connectivity index (χ0v) is 13.6. The van der Waals surface area contributed by atoms with Gasteiger partial charge in [0, 0.05) is 14.7 Å². The summed E-state index contributed by atoms with van der Waals surface area (Å²) in [4.78, 5) is 0. The standard InChI is InChI=1S/C16H28O2Si/c1-19(2,3)6-4-5-17-13-8-10-7-12(13)15-11(10)9-14-16(15)18-14/h10-16H,4-9H2,1-3H3. The van der Waals surface area contributed by atoms with Gasteiger partial charge in [-0.2, -0.15) is 0 Å². The minimum atomic E-state index is -0.876. The number of epoxide rings is 1. The van der Waals surface area contributed by atoms with Crippen molar-refractivity contribution in [1.82, 2.24) is 0 Å². The van der Waals surface area contributed by atoms with Crippen LogP contribution in [0.3, 0.4) is 0 Å². The van der Waals surface area contributed by atoms with Crippen molar-refractivity contribution in [3.8, 4) is 0 Å². The van der Waals surface area contributed by atoms with Crippen LogP contribution in [0.2, 0.25) is 25.7 Å². The molecule has 0 spiro atoms. The second-order valence-corrected chi connectivity index (χ2v) is 14.2. The zero-order valence-electron chi connectivity index (χ0n) is 12.6. The van der Waals surface area contributed by atoms with Gasteiger partial charge >= 0.3 is 0 Å². The molecule has 1 saturated heterocycles. The largest absolute Gasteiger partial charge is 0.378 e. The third kappa shape index (κ3) is 2.22. The molecule has 2 bridgehead atoms. The molecule has 0 aromatic rings. The Hall–Kier alpha value is 0.137. The summed E-state index contributed by atoms with van der Waals surface area (Å²) in [6.45, 7) is 8.37. The van der Waals surface area contributed by atoms with Crippen LogP contribution >= 0.6 is 0 Å². The Morgan fingerprint density at radius 1 is 1.11 bits per heavy atom. The third-order valence-electron chi connectivity index (χ3n) is 6.09. The summed E-state index contributed by atoms with van der Waals surface area (Å²) in [5, 5.41) is 0. The van der Waals surface area contributed by atoms with Crippen molar-refractivity contribution in [3.63, 3.8) is 0 Å². The van der Waals surface area contributed by atoms with Gasteiger partial charge in [0.2, 0.25) is 0 Å². The first-order valence-corrected chi connectivity index (χ1v) is 12.0. The fraction of sp³-hybridized carbons (Fsp3) is 1.00. The molecule has 4 aliphatic rings. The van der Waals surface area contributed by atoms with E-state index < -0.39 is 8.07 Å². The van der Waals surface area contributed by atoms with Crippen LogP contribution in [0.15, 0.2) is 0 Å². The molecular formula is C16H28O2Si. The van der Waals surface area contributed by atoms with Gasteiger partial charge in [-0.1, -0.05) is 25.7 Å². The zero-order chi connectivity index (χ0) is 13.2. The molecule has 7 atom stereocenters. The lowest BCUT2D eigenvalue weighted by molar-refractivity contribution is -0.0223. The predicted molar refractivity (Wildman–Crippen MR) is 79.0 cm³/mol. The van der Waals surface area contributed by atoms with E-state index >= 15 is 0 Å². The first-order chi connectivity index (χ1) is 9.03. The van der Waals surface area contributed by atoms with Gasteiger partial charge in [0.1, 0.15) is 0 Å². The minimum absolute atomic E-state index is 0.579. The maximum absolute atomic E-state index is 6.27. The summed E-state index contributed by atoms with van der Waals surface area (Å²) in [6, 6.07) is 1.41. The molecule has 0 aromatic carbocycles. The van der Waals surface area contributed by atoms with E-state index in [1.54, 1.807) is 0 Å². The quantitative estimate of drug-likeness (QED) is 0.436. The van der Waals surface area contributed by atoms with Crippen LogP contribution in [0.5, 0.6) is 0 Å². The lowest BCUT2D eigenvalue weighted by Gasteiger charge is -2.32. The number of hydrogen-bond donors (Lipinski definition) is 0. The number of fused-ring (bicyclic) bond motifs is 7. The predicted octanol–water partition coefficient (Wildman–Crippen LogP) is 3.54. The summed E-state index contributed by atoms with van der Waals surface area (Å²) in [5.74, 6) is 3.72. The number of ether oxygens (including phenoxy) is 2. The molecule has 1 aliphatic heterocycles. The van der Waals surface area contributed by atoms with E-state index in [4.69, 9.17) is 9.47 Å². The topological polar surface area (TPSA) is 21.8 Å². The molecule has 0 radical (unpaired) electrons. The third-order valence-corrected chi connectivity index (χ3v) is 7.94. The Kier molecular flexibility index (Phi) is 2.92. The molecule has 3 saturated carbocycles. The molecule has 0 aromatic heterocycles. The SMILES string of the molecule is C[Si](C)(C)CCCOC1CC2CC1C1C2CC2OC21. The molecule has 4 rings (SSSR count). The second kappa shape index (κ2) is 4.31. The lowest BCUT2D eigenvalue weighted by atomic mass is 9.79. The second-order valence-electron chi connectivity index (χ2n) is 8.58. The highest BCUT2D eigenvalue weighted by atomic mass is 28.3. The van der Waals surface area contributed by atoms with Crippen molar-refractivity contribution in [2.45, 2.75) is 69.7 Å². The van der Waals surface area contributed by atoms with E-state index in [9.17, 15) is 0 Å². The molecular weight excluding hydrogens is 252 g/mol. The smallest absolute Gasteiger partial charge is 0.0876 e. The normalized spacial score (nSPS) is 50.4. The first-order valence-electron chi connectivity index (χ1n) is 8.30. The average molecular weight is 280 g/mol. The van der Waals surface area contributed by atoms with Crippen LogP contribution in [0.1, 0.15) is 25.7 Å². The fourth-order valence-electron chi connectivity index (χ4n) is 5.28. The van der Waals surface area contributed by atoms with Crippen molar-refractivity contribution >= 4 is 8.07 Å². The summed E-state index contributed by atoms with van der Waals surface area (Å²) in [6.07, 6.45) is 7.34. The van der Waals surface area contributed by atoms with Crippen LogP contribution in [-0.4, -0.2) is 33.0 Å². The van der Waals surface area contributed by atoms with E-state index in [0.717, 1.165) is 30.3 Å². The Bertz CT molecular complexity index is 364. The first kappa shape index (κ1) is 12.8. The maximum atomic E-state index is 6.27. The Morgan fingerprint density at radius 3 is 2.74 bits per heavy atom. The molecule has 2 nitrogen and oxygen atoms in total. The summed E-state index contributed by atoms with van der Waals surface area (Å²) in [5.41, 5.74) is 0. The fourth-order valence-corrected chi connectivity index (χ4v) is 6.48. The van der Waals surface area contributed by atoms with Crippen LogP contribution in [-0.2, 0) is 9.47 Å². The van der Waals surface area contributed by atoms with Gasteiger partial charge in [0.15, 0.2) is 0 Å². The molecule has 108 valence electrons. The van der Waals surface area contributed by atoms with E-state index in [0.29, 0.717) is 18.3 Å². The summed E-state index contributed by atoms with van der Waals surface area (Å²) in [7, 11) is -0.876.